The molecule has 3 aromatic rings. The molecule has 0 bridgehead atoms. The topological polar surface area (TPSA) is 77.1 Å². The Bertz CT molecular complexity index is 1420. The second-order valence-electron chi connectivity index (χ2n) is 10.8. The molecule has 2 aliphatic rings. The molecular formula is C32H34N2O5. The Kier molecular flexibility index (Phi) is 7.08. The first-order valence-corrected chi connectivity index (χ1v) is 13.0. The van der Waals surface area contributed by atoms with Crippen molar-refractivity contribution in [3.63, 3.8) is 0 Å². The average molecular weight is 527 g/mol. The zero-order chi connectivity index (χ0) is 27.7. The molecule has 7 heteroatoms. The molecule has 0 spiro atoms. The van der Waals surface area contributed by atoms with Gasteiger partial charge in [0.15, 0.2) is 17.3 Å². The Morgan fingerprint density at radius 1 is 0.923 bits per heavy atom. The van der Waals surface area contributed by atoms with Crippen molar-refractivity contribution >= 4 is 23.1 Å². The molecule has 1 aliphatic heterocycles. The number of Topliss-reactive ketones (excluding diaryl/α,β-unsaturated/α-hetero) is 1. The third kappa shape index (κ3) is 4.97. The number of ketones is 1. The quantitative estimate of drug-likeness (QED) is 0.418. The van der Waals surface area contributed by atoms with E-state index in [0.29, 0.717) is 46.9 Å². The van der Waals surface area contributed by atoms with E-state index in [2.05, 4.69) is 19.2 Å². The number of fused-ring (bicyclic) bond motifs is 1. The Morgan fingerprint density at radius 2 is 1.56 bits per heavy atom. The van der Waals surface area contributed by atoms with E-state index >= 15 is 0 Å². The molecule has 1 heterocycles. The lowest BCUT2D eigenvalue weighted by Crippen LogP contribution is -2.40. The highest BCUT2D eigenvalue weighted by atomic mass is 16.5. The molecule has 1 amide bonds. The second kappa shape index (κ2) is 10.5. The number of nitrogens with zero attached hydrogens (tertiary/aromatic N) is 1. The molecule has 0 aromatic heterocycles. The van der Waals surface area contributed by atoms with Crippen LogP contribution >= 0.6 is 0 Å². The summed E-state index contributed by atoms with van der Waals surface area (Å²) in [7, 11) is 4.67. The van der Waals surface area contributed by atoms with Gasteiger partial charge in [0.2, 0.25) is 11.7 Å². The lowest BCUT2D eigenvalue weighted by molar-refractivity contribution is -0.119. The van der Waals surface area contributed by atoms with Gasteiger partial charge >= 0.3 is 0 Å². The van der Waals surface area contributed by atoms with Crippen LogP contribution in [0.2, 0.25) is 0 Å². The Balaban J connectivity index is 1.78. The SMILES string of the molecule is COc1cc(C2C3=C(CC(C)(C)CC3=O)Nc3ccccc3N2C(=O)Cc2ccccc2)cc(OC)c1OC. The fourth-order valence-corrected chi connectivity index (χ4v) is 5.69. The van der Waals surface area contributed by atoms with Crippen LogP contribution in [-0.4, -0.2) is 33.0 Å². The van der Waals surface area contributed by atoms with Crippen LogP contribution in [0.1, 0.15) is 43.9 Å². The number of anilines is 2. The number of benzene rings is 3. The number of allylic oxidation sites excluding steroid dienone is 1. The number of hydrogen-bond acceptors (Lipinski definition) is 6. The maximum atomic E-state index is 14.3. The van der Waals surface area contributed by atoms with Crippen molar-refractivity contribution in [1.82, 2.24) is 0 Å². The molecule has 0 radical (unpaired) electrons. The lowest BCUT2D eigenvalue weighted by Gasteiger charge is -2.37. The summed E-state index contributed by atoms with van der Waals surface area (Å²) in [5.74, 6) is 1.25. The Labute approximate surface area is 229 Å². The smallest absolute Gasteiger partial charge is 0.232 e. The van der Waals surface area contributed by atoms with Crippen LogP contribution in [-0.2, 0) is 16.0 Å². The van der Waals surface area contributed by atoms with Gasteiger partial charge < -0.3 is 19.5 Å². The van der Waals surface area contributed by atoms with Crippen molar-refractivity contribution in [2.75, 3.05) is 31.5 Å². The van der Waals surface area contributed by atoms with Gasteiger partial charge in [-0.25, -0.2) is 0 Å². The van der Waals surface area contributed by atoms with Crippen LogP contribution in [0.5, 0.6) is 17.2 Å². The van der Waals surface area contributed by atoms with E-state index in [-0.39, 0.29) is 23.5 Å². The molecular weight excluding hydrogens is 492 g/mol. The van der Waals surface area contributed by atoms with Gasteiger partial charge in [0.05, 0.1) is 45.2 Å². The van der Waals surface area contributed by atoms with Crippen molar-refractivity contribution in [2.24, 2.45) is 5.41 Å². The largest absolute Gasteiger partial charge is 0.493 e. The Morgan fingerprint density at radius 3 is 2.21 bits per heavy atom. The minimum absolute atomic E-state index is 0.0119. The van der Waals surface area contributed by atoms with E-state index in [1.54, 1.807) is 26.2 Å². The predicted molar refractivity (Wildman–Crippen MR) is 152 cm³/mol. The van der Waals surface area contributed by atoms with Crippen molar-refractivity contribution in [3.8, 4) is 17.2 Å². The summed E-state index contributed by atoms with van der Waals surface area (Å²) in [5.41, 5.74) is 4.28. The number of rotatable bonds is 6. The molecule has 1 unspecified atom stereocenters. The van der Waals surface area contributed by atoms with Crippen LogP contribution < -0.4 is 24.4 Å². The number of nitrogens with one attached hydrogen (secondary N) is 1. The third-order valence-electron chi connectivity index (χ3n) is 7.37. The molecule has 39 heavy (non-hydrogen) atoms. The zero-order valence-electron chi connectivity index (χ0n) is 23.0. The van der Waals surface area contributed by atoms with Gasteiger partial charge in [0.25, 0.3) is 0 Å². The predicted octanol–water partition coefficient (Wildman–Crippen LogP) is 6.10. The van der Waals surface area contributed by atoms with E-state index < -0.39 is 6.04 Å². The zero-order valence-corrected chi connectivity index (χ0v) is 23.0. The van der Waals surface area contributed by atoms with E-state index in [4.69, 9.17) is 14.2 Å². The fourth-order valence-electron chi connectivity index (χ4n) is 5.69. The summed E-state index contributed by atoms with van der Waals surface area (Å²) in [6.07, 6.45) is 1.23. The summed E-state index contributed by atoms with van der Waals surface area (Å²) < 4.78 is 16.9. The number of ether oxygens (including phenoxy) is 3. The third-order valence-corrected chi connectivity index (χ3v) is 7.37. The van der Waals surface area contributed by atoms with E-state index in [0.717, 1.165) is 16.9 Å². The maximum Gasteiger partial charge on any atom is 0.232 e. The number of carbonyl (C=O) groups is 2. The van der Waals surface area contributed by atoms with Crippen LogP contribution in [0.15, 0.2) is 78.0 Å². The van der Waals surface area contributed by atoms with Crippen molar-refractivity contribution in [3.05, 3.63) is 89.1 Å². The molecule has 1 aliphatic carbocycles. The van der Waals surface area contributed by atoms with Gasteiger partial charge in [0.1, 0.15) is 0 Å². The highest BCUT2D eigenvalue weighted by Gasteiger charge is 2.43. The Hall–Kier alpha value is -4.26. The van der Waals surface area contributed by atoms with Gasteiger partial charge in [-0.1, -0.05) is 56.3 Å². The highest BCUT2D eigenvalue weighted by Crippen LogP contribution is 2.50. The van der Waals surface area contributed by atoms with E-state index in [1.807, 2.05) is 66.7 Å². The minimum Gasteiger partial charge on any atom is -0.493 e. The molecule has 202 valence electrons. The highest BCUT2D eigenvalue weighted by molar-refractivity contribution is 6.06. The first kappa shape index (κ1) is 26.4. The monoisotopic (exact) mass is 526 g/mol. The normalized spacial score (nSPS) is 17.9. The molecule has 7 nitrogen and oxygen atoms in total. The molecule has 1 N–H and O–H groups in total. The van der Waals surface area contributed by atoms with Gasteiger partial charge in [-0.3, -0.25) is 14.5 Å². The van der Waals surface area contributed by atoms with Crippen molar-refractivity contribution in [1.29, 1.82) is 0 Å². The summed E-state index contributed by atoms with van der Waals surface area (Å²) in [5, 5.41) is 3.55. The number of hydrogen-bond donors (Lipinski definition) is 1. The molecule has 0 saturated heterocycles. The first-order chi connectivity index (χ1) is 18.8. The van der Waals surface area contributed by atoms with E-state index in [9.17, 15) is 9.59 Å². The molecule has 0 saturated carbocycles. The standard InChI is InChI=1S/C32H34N2O5/c1-32(2)18-23-29(25(35)19-32)30(21-16-26(37-3)31(39-5)27(17-21)38-4)34(24-14-10-9-13-22(24)33-23)28(36)15-20-11-7-6-8-12-20/h6-14,16-17,30,33H,15,18-19H2,1-5H3. The number of carbonyl (C=O) groups excluding carboxylic acids is 2. The lowest BCUT2D eigenvalue weighted by atomic mass is 9.73. The number of amides is 1. The van der Waals surface area contributed by atoms with Crippen molar-refractivity contribution < 1.29 is 23.8 Å². The van der Waals surface area contributed by atoms with Gasteiger partial charge in [-0.2, -0.15) is 0 Å². The molecule has 5 rings (SSSR count). The summed E-state index contributed by atoms with van der Waals surface area (Å²) in [4.78, 5) is 30.0. The summed E-state index contributed by atoms with van der Waals surface area (Å²) >= 11 is 0. The van der Waals surface area contributed by atoms with Crippen LogP contribution in [0.25, 0.3) is 0 Å². The minimum atomic E-state index is -0.704. The van der Waals surface area contributed by atoms with Gasteiger partial charge in [0, 0.05) is 17.7 Å². The number of para-hydroxylation sites is 2. The molecule has 1 atom stereocenters. The first-order valence-electron chi connectivity index (χ1n) is 13.0. The van der Waals surface area contributed by atoms with Gasteiger partial charge in [-0.15, -0.1) is 0 Å². The van der Waals surface area contributed by atoms with Crippen LogP contribution in [0.4, 0.5) is 11.4 Å². The maximum absolute atomic E-state index is 14.3. The second-order valence-corrected chi connectivity index (χ2v) is 10.8. The van der Waals surface area contributed by atoms with Crippen LogP contribution in [0.3, 0.4) is 0 Å². The fraction of sp³-hybridized carbons (Fsp3) is 0.312. The summed E-state index contributed by atoms with van der Waals surface area (Å²) in [6.45, 7) is 4.19. The van der Waals surface area contributed by atoms with Gasteiger partial charge in [-0.05, 0) is 47.2 Å². The van der Waals surface area contributed by atoms with Crippen LogP contribution in [0, 0.1) is 5.41 Å². The summed E-state index contributed by atoms with van der Waals surface area (Å²) in [6, 6.07) is 20.3. The molecule has 0 fully saturated rings. The molecule has 3 aromatic carbocycles. The number of methoxy groups -OCH3 is 3. The van der Waals surface area contributed by atoms with Crippen molar-refractivity contribution in [2.45, 2.75) is 39.2 Å². The average Bonchev–Trinajstić information content (AvgIpc) is 3.06. The van der Waals surface area contributed by atoms with E-state index in [1.165, 1.54) is 0 Å².